The summed E-state index contributed by atoms with van der Waals surface area (Å²) in [5, 5.41) is 0.0526. The summed E-state index contributed by atoms with van der Waals surface area (Å²) in [6, 6.07) is 14.2. The van der Waals surface area contributed by atoms with Crippen molar-refractivity contribution in [1.82, 2.24) is 0 Å². The normalized spacial score (nSPS) is 23.0. The molecule has 0 heterocycles. The molecule has 2 aromatic carbocycles. The van der Waals surface area contributed by atoms with Gasteiger partial charge in [0.2, 0.25) is 0 Å². The minimum atomic E-state index is -6.99. The van der Waals surface area contributed by atoms with Gasteiger partial charge in [-0.15, -0.1) is 0 Å². The number of hydrogen-bond donors (Lipinski definition) is 0. The zero-order valence-corrected chi connectivity index (χ0v) is 19.6. The molecule has 0 N–H and O–H groups in total. The topological polar surface area (TPSA) is 17.1 Å². The lowest BCUT2D eigenvalue weighted by atomic mass is 9.90. The third-order valence-electron chi connectivity index (χ3n) is 5.85. The van der Waals surface area contributed by atoms with E-state index in [0.29, 0.717) is 0 Å². The molecule has 2 aromatic rings. The zero-order chi connectivity index (χ0) is 24.9. The van der Waals surface area contributed by atoms with Crippen molar-refractivity contribution < 1.29 is 44.1 Å². The highest BCUT2D eigenvalue weighted by Gasteiger charge is 2.83. The van der Waals surface area contributed by atoms with Crippen LogP contribution in [0, 0.1) is 5.92 Å². The van der Waals surface area contributed by atoms with Gasteiger partial charge in [0.15, 0.2) is 0 Å². The second-order valence-corrected chi connectivity index (χ2v) is 12.6. The maximum absolute atomic E-state index is 15.1. The van der Waals surface area contributed by atoms with Crippen LogP contribution in [0.4, 0.5) is 39.5 Å². The van der Waals surface area contributed by atoms with E-state index in [4.69, 9.17) is 0 Å². The number of hydrogen-bond acceptors (Lipinski definition) is 1. The quantitative estimate of drug-likeness (QED) is 0.148. The van der Waals surface area contributed by atoms with Gasteiger partial charge in [0.25, 0.3) is 0 Å². The molecule has 0 radical (unpaired) electrons. The second kappa shape index (κ2) is 8.77. The molecule has 1 fully saturated rings. The van der Waals surface area contributed by atoms with Gasteiger partial charge < -0.3 is 4.57 Å². The molecule has 3 atom stereocenters. The van der Waals surface area contributed by atoms with Crippen LogP contribution in [0.1, 0.15) is 12.8 Å². The molecule has 0 spiro atoms. The van der Waals surface area contributed by atoms with E-state index < -0.39 is 53.0 Å². The lowest BCUT2D eigenvalue weighted by Gasteiger charge is -2.40. The van der Waals surface area contributed by atoms with Crippen molar-refractivity contribution in [2.45, 2.75) is 46.4 Å². The molecule has 1 aliphatic carbocycles. The van der Waals surface area contributed by atoms with Crippen LogP contribution in [-0.2, 0) is 4.57 Å². The van der Waals surface area contributed by atoms with Crippen LogP contribution in [0.5, 0.6) is 0 Å². The molecule has 0 bridgehead atoms. The Morgan fingerprint density at radius 1 is 0.697 bits per heavy atom. The molecule has 0 saturated heterocycles. The van der Waals surface area contributed by atoms with E-state index >= 15 is 8.78 Å². The van der Waals surface area contributed by atoms with E-state index in [1.54, 1.807) is 34.7 Å². The summed E-state index contributed by atoms with van der Waals surface area (Å²) in [6.07, 6.45) is -8.03. The summed E-state index contributed by atoms with van der Waals surface area (Å²) in [7, 11) is -4.17. The summed E-state index contributed by atoms with van der Waals surface area (Å²) in [4.78, 5) is 0. The van der Waals surface area contributed by atoms with Gasteiger partial charge in [-0.1, -0.05) is 83.3 Å². The van der Waals surface area contributed by atoms with Crippen LogP contribution >= 0.6 is 29.7 Å². The highest BCUT2D eigenvalue weighted by atomic mass is 127. The number of benzene rings is 2. The summed E-state index contributed by atoms with van der Waals surface area (Å²) < 4.78 is 138. The Kier molecular flexibility index (Phi) is 7.01. The molecule has 0 aromatic heterocycles. The van der Waals surface area contributed by atoms with Crippen LogP contribution in [0.3, 0.4) is 0 Å². The van der Waals surface area contributed by atoms with Crippen molar-refractivity contribution in [1.29, 1.82) is 0 Å². The second-order valence-electron chi connectivity index (χ2n) is 7.84. The van der Waals surface area contributed by atoms with Gasteiger partial charge in [-0.25, -0.2) is 0 Å². The van der Waals surface area contributed by atoms with Crippen molar-refractivity contribution in [2.75, 3.05) is 0 Å². The fraction of sp³-hybridized carbons (Fsp3) is 0.429. The molecule has 1 nitrogen and oxygen atoms in total. The highest BCUT2D eigenvalue weighted by Crippen LogP contribution is 2.65. The number of alkyl halides is 10. The van der Waals surface area contributed by atoms with Gasteiger partial charge in [-0.2, -0.15) is 39.5 Å². The molecule has 3 rings (SSSR count). The van der Waals surface area contributed by atoms with E-state index in [2.05, 4.69) is 0 Å². The maximum atomic E-state index is 15.1. The van der Waals surface area contributed by atoms with Crippen LogP contribution in [0.2, 0.25) is 0 Å². The fourth-order valence-corrected chi connectivity index (χ4v) is 9.36. The first-order chi connectivity index (χ1) is 15.1. The van der Waals surface area contributed by atoms with Gasteiger partial charge in [0.05, 0.1) is 0 Å². The Balaban J connectivity index is 2.20. The molecule has 0 aliphatic heterocycles. The molecular formula is C21H17F9IOP. The predicted molar refractivity (Wildman–Crippen MR) is 115 cm³/mol. The summed E-state index contributed by atoms with van der Waals surface area (Å²) >= 11 is 1.64. The summed E-state index contributed by atoms with van der Waals surface area (Å²) in [5.41, 5.74) is -1.78. The van der Waals surface area contributed by atoms with E-state index in [0.717, 1.165) is 0 Å². The molecule has 0 unspecified atom stereocenters. The lowest BCUT2D eigenvalue weighted by molar-refractivity contribution is -0.402. The summed E-state index contributed by atoms with van der Waals surface area (Å²) in [5.74, 6) is -22.2. The largest absolute Gasteiger partial charge is 0.460 e. The van der Waals surface area contributed by atoms with Crippen molar-refractivity contribution >= 4 is 40.3 Å². The Morgan fingerprint density at radius 3 is 1.52 bits per heavy atom. The van der Waals surface area contributed by atoms with Crippen molar-refractivity contribution in [2.24, 2.45) is 5.92 Å². The molecule has 1 saturated carbocycles. The molecular weight excluding hydrogens is 597 g/mol. The zero-order valence-electron chi connectivity index (χ0n) is 16.6. The molecule has 182 valence electrons. The average Bonchev–Trinajstić information content (AvgIpc) is 3.16. The average molecular weight is 614 g/mol. The lowest BCUT2D eigenvalue weighted by Crippen LogP contribution is -2.64. The Hall–Kier alpha value is -1.23. The van der Waals surface area contributed by atoms with E-state index in [1.165, 1.54) is 48.5 Å². The highest BCUT2D eigenvalue weighted by molar-refractivity contribution is 14.1. The molecule has 1 aliphatic rings. The minimum absolute atomic E-state index is 0.0263. The minimum Gasteiger partial charge on any atom is -0.313 e. The SMILES string of the molecule is O=P(c1ccccc1)(c1ccccc1)[C@H]1C[C@@H](I)C[C@@H]1C(F)(F)C(F)(F)C(F)(F)C(F)(F)F. The Labute approximate surface area is 197 Å². The standard InChI is InChI=1S/C21H17F9IOP/c22-18(23,19(24,25)20(26,27)21(28,29)30)16-11-13(31)12-17(16)33(32,14-7-3-1-4-8-14)15-9-5-2-6-10-15/h1-10,13,16-17H,11-12H2/t13-,16-,17-/m0/s1. The van der Waals surface area contributed by atoms with Crippen LogP contribution in [-0.4, -0.2) is 33.5 Å². The first-order valence-corrected chi connectivity index (χ1v) is 12.7. The Bertz CT molecular complexity index is 968. The van der Waals surface area contributed by atoms with Gasteiger partial charge in [0, 0.05) is 26.1 Å². The van der Waals surface area contributed by atoms with Crippen LogP contribution < -0.4 is 10.6 Å². The molecule has 0 amide bonds. The van der Waals surface area contributed by atoms with Crippen molar-refractivity contribution in [3.8, 4) is 0 Å². The third kappa shape index (κ3) is 4.21. The summed E-state index contributed by atoms with van der Waals surface area (Å²) in [6.45, 7) is 0. The van der Waals surface area contributed by atoms with Gasteiger partial charge in [0.1, 0.15) is 7.14 Å². The monoisotopic (exact) mass is 614 g/mol. The van der Waals surface area contributed by atoms with Crippen molar-refractivity contribution in [3.05, 3.63) is 60.7 Å². The van der Waals surface area contributed by atoms with Gasteiger partial charge in [-0.05, 0) is 12.8 Å². The van der Waals surface area contributed by atoms with Crippen LogP contribution in [0.25, 0.3) is 0 Å². The fourth-order valence-electron chi connectivity index (χ4n) is 4.20. The first kappa shape index (κ1) is 26.4. The number of halogens is 10. The van der Waals surface area contributed by atoms with Gasteiger partial charge >= 0.3 is 23.9 Å². The smallest absolute Gasteiger partial charge is 0.313 e. The molecule has 12 heteroatoms. The third-order valence-corrected chi connectivity index (χ3v) is 10.5. The van der Waals surface area contributed by atoms with E-state index in [-0.39, 0.29) is 17.0 Å². The number of rotatable bonds is 6. The van der Waals surface area contributed by atoms with E-state index in [9.17, 15) is 35.3 Å². The maximum Gasteiger partial charge on any atom is 0.460 e. The van der Waals surface area contributed by atoms with Gasteiger partial charge in [-0.3, -0.25) is 0 Å². The Morgan fingerprint density at radius 2 is 1.12 bits per heavy atom. The molecule has 33 heavy (non-hydrogen) atoms. The van der Waals surface area contributed by atoms with Crippen LogP contribution in [0.15, 0.2) is 60.7 Å². The first-order valence-electron chi connectivity index (χ1n) is 9.63. The van der Waals surface area contributed by atoms with Crippen molar-refractivity contribution in [3.63, 3.8) is 0 Å². The predicted octanol–water partition coefficient (Wildman–Crippen LogP) is 7.05. The van der Waals surface area contributed by atoms with E-state index in [1.807, 2.05) is 0 Å².